The van der Waals surface area contributed by atoms with Gasteiger partial charge < -0.3 is 9.47 Å². The van der Waals surface area contributed by atoms with Gasteiger partial charge in [-0.15, -0.1) is 0 Å². The van der Waals surface area contributed by atoms with Crippen molar-refractivity contribution in [3.8, 4) is 17.6 Å². The smallest absolute Gasteiger partial charge is 0.180 e. The van der Waals surface area contributed by atoms with Crippen LogP contribution >= 0.6 is 23.2 Å². The van der Waals surface area contributed by atoms with Crippen LogP contribution in [0, 0.1) is 17.1 Å². The molecule has 0 aliphatic heterocycles. The van der Waals surface area contributed by atoms with E-state index in [2.05, 4.69) is 6.07 Å². The zero-order valence-corrected chi connectivity index (χ0v) is 17.0. The maximum atomic E-state index is 13.8. The monoisotopic (exact) mass is 427 g/mol. The first kappa shape index (κ1) is 20.7. The maximum Gasteiger partial charge on any atom is 0.180 e. The number of nitrogens with zero attached hydrogens (tertiary/aromatic N) is 1. The molecule has 0 saturated heterocycles. The van der Waals surface area contributed by atoms with E-state index in [0.717, 1.165) is 0 Å². The number of halogens is 3. The van der Waals surface area contributed by atoms with Gasteiger partial charge in [0.05, 0.1) is 23.8 Å². The Kier molecular flexibility index (Phi) is 6.77. The molecule has 3 nitrogen and oxygen atoms in total. The minimum Gasteiger partial charge on any atom is -0.493 e. The Morgan fingerprint density at radius 3 is 2.48 bits per heavy atom. The first-order valence-electron chi connectivity index (χ1n) is 8.64. The molecular weight excluding hydrogens is 412 g/mol. The minimum atomic E-state index is -0.361. The van der Waals surface area contributed by atoms with E-state index < -0.39 is 0 Å². The summed E-state index contributed by atoms with van der Waals surface area (Å²) in [5.41, 5.74) is 2.04. The predicted molar refractivity (Wildman–Crippen MR) is 114 cm³/mol. The van der Waals surface area contributed by atoms with Gasteiger partial charge >= 0.3 is 0 Å². The van der Waals surface area contributed by atoms with Crippen molar-refractivity contribution in [1.82, 2.24) is 0 Å². The topological polar surface area (TPSA) is 42.2 Å². The van der Waals surface area contributed by atoms with Crippen LogP contribution in [-0.2, 0) is 6.61 Å². The molecule has 6 heteroatoms. The third kappa shape index (κ3) is 4.89. The number of rotatable bonds is 6. The molecule has 0 bridgehead atoms. The van der Waals surface area contributed by atoms with Gasteiger partial charge in [-0.1, -0.05) is 59.6 Å². The first-order chi connectivity index (χ1) is 14.0. The molecule has 29 heavy (non-hydrogen) atoms. The maximum absolute atomic E-state index is 13.8. The zero-order valence-electron chi connectivity index (χ0n) is 15.5. The fourth-order valence-electron chi connectivity index (χ4n) is 2.75. The van der Waals surface area contributed by atoms with Crippen molar-refractivity contribution in [2.45, 2.75) is 6.61 Å². The lowest BCUT2D eigenvalue weighted by molar-refractivity contribution is 0.280. The van der Waals surface area contributed by atoms with Gasteiger partial charge in [-0.25, -0.2) is 4.39 Å². The summed E-state index contributed by atoms with van der Waals surface area (Å²) < 4.78 is 24.9. The van der Waals surface area contributed by atoms with Gasteiger partial charge in [0.15, 0.2) is 11.5 Å². The standard InChI is InChI=1S/C23H16Cl2FNO2/c1-28-22-12-15(10-17(13-27)18-7-3-4-8-19(18)24)11-20(25)23(22)29-14-16-6-2-5-9-21(16)26/h2-12H,14H2,1H3. The molecule has 0 atom stereocenters. The Bertz CT molecular complexity index is 1110. The quantitative estimate of drug-likeness (QED) is 0.321. The van der Waals surface area contributed by atoms with Gasteiger partial charge in [-0.3, -0.25) is 0 Å². The lowest BCUT2D eigenvalue weighted by Gasteiger charge is -2.14. The summed E-state index contributed by atoms with van der Waals surface area (Å²) in [6.07, 6.45) is 1.66. The van der Waals surface area contributed by atoms with E-state index >= 15 is 0 Å². The highest BCUT2D eigenvalue weighted by Crippen LogP contribution is 2.38. The molecule has 0 saturated carbocycles. The van der Waals surface area contributed by atoms with E-state index in [4.69, 9.17) is 32.7 Å². The average Bonchev–Trinajstić information content (AvgIpc) is 2.72. The van der Waals surface area contributed by atoms with Crippen molar-refractivity contribution in [2.75, 3.05) is 7.11 Å². The largest absolute Gasteiger partial charge is 0.493 e. The predicted octanol–water partition coefficient (Wildman–Crippen LogP) is 6.78. The third-order valence-electron chi connectivity index (χ3n) is 4.18. The lowest BCUT2D eigenvalue weighted by Crippen LogP contribution is -2.01. The van der Waals surface area contributed by atoms with Gasteiger partial charge in [0.25, 0.3) is 0 Å². The highest BCUT2D eigenvalue weighted by atomic mass is 35.5. The number of nitriles is 1. The van der Waals surface area contributed by atoms with Crippen molar-refractivity contribution in [3.05, 3.63) is 93.2 Å². The van der Waals surface area contributed by atoms with Crippen molar-refractivity contribution >= 4 is 34.9 Å². The number of benzene rings is 3. The van der Waals surface area contributed by atoms with Gasteiger partial charge in [-0.2, -0.15) is 5.26 Å². The SMILES string of the molecule is COc1cc(C=C(C#N)c2ccccc2Cl)cc(Cl)c1OCc1ccccc1F. The third-order valence-corrected chi connectivity index (χ3v) is 4.79. The molecule has 0 aliphatic rings. The molecule has 0 aliphatic carbocycles. The molecule has 0 radical (unpaired) electrons. The van der Waals surface area contributed by atoms with Crippen LogP contribution in [-0.4, -0.2) is 7.11 Å². The number of hydrogen-bond donors (Lipinski definition) is 0. The molecule has 0 fully saturated rings. The van der Waals surface area contributed by atoms with E-state index in [1.807, 2.05) is 0 Å². The number of allylic oxidation sites excluding steroid dienone is 1. The lowest BCUT2D eigenvalue weighted by atomic mass is 10.0. The van der Waals surface area contributed by atoms with Crippen molar-refractivity contribution in [2.24, 2.45) is 0 Å². The van der Waals surface area contributed by atoms with Crippen LogP contribution in [0.2, 0.25) is 10.0 Å². The van der Waals surface area contributed by atoms with Crippen LogP contribution in [0.1, 0.15) is 16.7 Å². The van der Waals surface area contributed by atoms with Crippen LogP contribution in [0.5, 0.6) is 11.5 Å². The molecule has 0 heterocycles. The molecule has 3 rings (SSSR count). The number of ether oxygens (including phenoxy) is 2. The van der Waals surface area contributed by atoms with Gasteiger partial charge in [0.1, 0.15) is 12.4 Å². The second-order valence-electron chi connectivity index (χ2n) is 6.06. The van der Waals surface area contributed by atoms with Crippen molar-refractivity contribution in [3.63, 3.8) is 0 Å². The van der Waals surface area contributed by atoms with E-state index in [1.165, 1.54) is 13.2 Å². The summed E-state index contributed by atoms with van der Waals surface area (Å²) in [5.74, 6) is 0.308. The molecule has 0 N–H and O–H groups in total. The Hall–Kier alpha value is -3.00. The summed E-state index contributed by atoms with van der Waals surface area (Å²) in [5, 5.41) is 10.3. The van der Waals surface area contributed by atoms with Gasteiger partial charge in [0.2, 0.25) is 0 Å². The molecular formula is C23H16Cl2FNO2. The molecule has 0 amide bonds. The summed E-state index contributed by atoms with van der Waals surface area (Å²) in [7, 11) is 1.48. The first-order valence-corrected chi connectivity index (χ1v) is 9.39. The highest BCUT2D eigenvalue weighted by Gasteiger charge is 2.14. The van der Waals surface area contributed by atoms with Crippen LogP contribution in [0.3, 0.4) is 0 Å². The number of hydrogen-bond acceptors (Lipinski definition) is 3. The minimum absolute atomic E-state index is 0.00100. The molecule has 3 aromatic carbocycles. The molecule has 0 spiro atoms. The van der Waals surface area contributed by atoms with E-state index in [-0.39, 0.29) is 17.4 Å². The van der Waals surface area contributed by atoms with Crippen molar-refractivity contribution in [1.29, 1.82) is 5.26 Å². The fourth-order valence-corrected chi connectivity index (χ4v) is 3.26. The Labute approximate surface area is 178 Å². The summed E-state index contributed by atoms with van der Waals surface area (Å²) in [4.78, 5) is 0. The number of methoxy groups -OCH3 is 1. The zero-order chi connectivity index (χ0) is 20.8. The molecule has 3 aromatic rings. The van der Waals surface area contributed by atoms with Gasteiger partial charge in [0, 0.05) is 16.1 Å². The average molecular weight is 428 g/mol. The van der Waals surface area contributed by atoms with Crippen LogP contribution < -0.4 is 9.47 Å². The Morgan fingerprint density at radius 2 is 1.79 bits per heavy atom. The summed E-state index contributed by atoms with van der Waals surface area (Å²) in [6.45, 7) is 0.00100. The molecule has 0 aromatic heterocycles. The Morgan fingerprint density at radius 1 is 1.07 bits per heavy atom. The van der Waals surface area contributed by atoms with Crippen LogP contribution in [0.25, 0.3) is 11.6 Å². The molecule has 146 valence electrons. The van der Waals surface area contributed by atoms with E-state index in [9.17, 15) is 9.65 Å². The van der Waals surface area contributed by atoms with Crippen molar-refractivity contribution < 1.29 is 13.9 Å². The Balaban J connectivity index is 1.93. The summed E-state index contributed by atoms with van der Waals surface area (Å²) >= 11 is 12.6. The van der Waals surface area contributed by atoms with E-state index in [1.54, 1.807) is 60.7 Å². The van der Waals surface area contributed by atoms with Crippen LogP contribution in [0.15, 0.2) is 60.7 Å². The second-order valence-corrected chi connectivity index (χ2v) is 6.88. The molecule has 0 unspecified atom stereocenters. The normalized spacial score (nSPS) is 11.1. The highest BCUT2D eigenvalue weighted by molar-refractivity contribution is 6.33. The second kappa shape index (κ2) is 9.47. The summed E-state index contributed by atoms with van der Waals surface area (Å²) in [6, 6.07) is 18.9. The van der Waals surface area contributed by atoms with Gasteiger partial charge in [-0.05, 0) is 35.9 Å². The fraction of sp³-hybridized carbons (Fsp3) is 0.0870. The van der Waals surface area contributed by atoms with E-state index in [0.29, 0.717) is 38.8 Å². The van der Waals surface area contributed by atoms with Crippen LogP contribution in [0.4, 0.5) is 4.39 Å².